The molecule has 108 valence electrons. The molecule has 2 aromatic rings. The number of pyridine rings is 1. The van der Waals surface area contributed by atoms with Crippen molar-refractivity contribution in [1.82, 2.24) is 10.4 Å². The van der Waals surface area contributed by atoms with Crippen LogP contribution in [-0.2, 0) is 4.79 Å². The van der Waals surface area contributed by atoms with E-state index in [9.17, 15) is 4.79 Å². The van der Waals surface area contributed by atoms with E-state index in [1.807, 2.05) is 38.1 Å². The van der Waals surface area contributed by atoms with Crippen molar-refractivity contribution in [2.24, 2.45) is 5.10 Å². The molecule has 0 radical (unpaired) electrons. The molecule has 21 heavy (non-hydrogen) atoms. The van der Waals surface area contributed by atoms with Crippen LogP contribution in [0.25, 0.3) is 0 Å². The van der Waals surface area contributed by atoms with Gasteiger partial charge in [-0.1, -0.05) is 23.8 Å². The number of ether oxygens (including phenoxy) is 1. The number of carbonyl (C=O) groups excluding carboxylic acids is 1. The molecule has 0 aliphatic rings. The summed E-state index contributed by atoms with van der Waals surface area (Å²) in [6.07, 6.45) is 4.86. The van der Waals surface area contributed by atoms with E-state index in [-0.39, 0.29) is 12.5 Å². The summed E-state index contributed by atoms with van der Waals surface area (Å²) in [7, 11) is 0. The smallest absolute Gasteiger partial charge is 0.277 e. The third-order valence-corrected chi connectivity index (χ3v) is 2.78. The fourth-order valence-corrected chi connectivity index (χ4v) is 1.77. The minimum Gasteiger partial charge on any atom is -0.483 e. The molecule has 0 atom stereocenters. The van der Waals surface area contributed by atoms with Gasteiger partial charge in [0.05, 0.1) is 6.21 Å². The third kappa shape index (κ3) is 4.72. The van der Waals surface area contributed by atoms with E-state index in [1.54, 1.807) is 18.5 Å². The highest BCUT2D eigenvalue weighted by Crippen LogP contribution is 2.18. The van der Waals surface area contributed by atoms with E-state index in [1.165, 1.54) is 6.21 Å². The van der Waals surface area contributed by atoms with Crippen molar-refractivity contribution in [3.05, 3.63) is 59.4 Å². The lowest BCUT2D eigenvalue weighted by molar-refractivity contribution is -0.123. The minimum atomic E-state index is -0.310. The predicted octanol–water partition coefficient (Wildman–Crippen LogP) is 2.23. The molecule has 0 bridgehead atoms. The molecule has 2 rings (SSSR count). The fraction of sp³-hybridized carbons (Fsp3) is 0.188. The first-order valence-electron chi connectivity index (χ1n) is 6.57. The second kappa shape index (κ2) is 7.19. The average Bonchev–Trinajstić information content (AvgIpc) is 2.47. The van der Waals surface area contributed by atoms with Crippen molar-refractivity contribution in [3.63, 3.8) is 0 Å². The van der Waals surface area contributed by atoms with Gasteiger partial charge in [0.25, 0.3) is 5.91 Å². The second-order valence-electron chi connectivity index (χ2n) is 4.64. The van der Waals surface area contributed by atoms with Crippen LogP contribution in [-0.4, -0.2) is 23.7 Å². The van der Waals surface area contributed by atoms with E-state index < -0.39 is 0 Å². The lowest BCUT2D eigenvalue weighted by atomic mass is 10.1. The SMILES string of the molecule is Cc1ccc(OCC(=O)N/N=C\c2cccnc2)c(C)c1. The summed E-state index contributed by atoms with van der Waals surface area (Å²) in [6, 6.07) is 9.45. The van der Waals surface area contributed by atoms with Gasteiger partial charge < -0.3 is 4.74 Å². The van der Waals surface area contributed by atoms with Gasteiger partial charge in [0.1, 0.15) is 5.75 Å². The molecular weight excluding hydrogens is 266 g/mol. The lowest BCUT2D eigenvalue weighted by Gasteiger charge is -2.08. The van der Waals surface area contributed by atoms with Crippen LogP contribution in [0.3, 0.4) is 0 Å². The quantitative estimate of drug-likeness (QED) is 0.676. The largest absolute Gasteiger partial charge is 0.483 e. The van der Waals surface area contributed by atoms with Crippen molar-refractivity contribution in [2.45, 2.75) is 13.8 Å². The number of benzene rings is 1. The van der Waals surface area contributed by atoms with Crippen LogP contribution in [0.1, 0.15) is 16.7 Å². The molecule has 0 saturated carbocycles. The third-order valence-electron chi connectivity index (χ3n) is 2.78. The molecule has 0 aliphatic heterocycles. The van der Waals surface area contributed by atoms with E-state index in [4.69, 9.17) is 4.74 Å². The minimum absolute atomic E-state index is 0.0751. The topological polar surface area (TPSA) is 63.6 Å². The Bertz CT molecular complexity index is 639. The van der Waals surface area contributed by atoms with Crippen LogP contribution in [0.5, 0.6) is 5.75 Å². The van der Waals surface area contributed by atoms with Gasteiger partial charge in [0, 0.05) is 18.0 Å². The maximum atomic E-state index is 11.6. The summed E-state index contributed by atoms with van der Waals surface area (Å²) >= 11 is 0. The first kappa shape index (κ1) is 14.7. The Hall–Kier alpha value is -2.69. The van der Waals surface area contributed by atoms with Gasteiger partial charge in [-0.05, 0) is 31.5 Å². The molecule has 5 nitrogen and oxygen atoms in total. The van der Waals surface area contributed by atoms with Crippen LogP contribution in [0.15, 0.2) is 47.8 Å². The summed E-state index contributed by atoms with van der Waals surface area (Å²) in [5.41, 5.74) is 5.38. The van der Waals surface area contributed by atoms with Crippen molar-refractivity contribution < 1.29 is 9.53 Å². The zero-order valence-corrected chi connectivity index (χ0v) is 12.0. The van der Waals surface area contributed by atoms with E-state index in [0.29, 0.717) is 5.75 Å². The number of aromatic nitrogens is 1. The van der Waals surface area contributed by atoms with Gasteiger partial charge in [-0.2, -0.15) is 5.10 Å². The number of aryl methyl sites for hydroxylation is 2. The van der Waals surface area contributed by atoms with Gasteiger partial charge >= 0.3 is 0 Å². The zero-order valence-electron chi connectivity index (χ0n) is 12.0. The van der Waals surface area contributed by atoms with E-state index in [0.717, 1.165) is 16.7 Å². The maximum Gasteiger partial charge on any atom is 0.277 e. The molecule has 0 spiro atoms. The van der Waals surface area contributed by atoms with Gasteiger partial charge in [-0.15, -0.1) is 0 Å². The molecule has 1 aromatic heterocycles. The van der Waals surface area contributed by atoms with E-state index in [2.05, 4.69) is 15.5 Å². The van der Waals surface area contributed by atoms with Crippen molar-refractivity contribution in [3.8, 4) is 5.75 Å². The van der Waals surface area contributed by atoms with Gasteiger partial charge in [0.2, 0.25) is 0 Å². The molecule has 5 heteroatoms. The number of amides is 1. The lowest BCUT2D eigenvalue weighted by Crippen LogP contribution is -2.24. The van der Waals surface area contributed by atoms with Gasteiger partial charge in [-0.25, -0.2) is 5.43 Å². The molecule has 1 heterocycles. The number of rotatable bonds is 5. The summed E-state index contributed by atoms with van der Waals surface area (Å²) in [6.45, 7) is 3.88. The van der Waals surface area contributed by atoms with Crippen LogP contribution in [0.2, 0.25) is 0 Å². The van der Waals surface area contributed by atoms with Crippen molar-refractivity contribution >= 4 is 12.1 Å². The van der Waals surface area contributed by atoms with Crippen LogP contribution in [0.4, 0.5) is 0 Å². The Balaban J connectivity index is 1.81. The van der Waals surface area contributed by atoms with E-state index >= 15 is 0 Å². The Morgan fingerprint density at radius 1 is 1.38 bits per heavy atom. The van der Waals surface area contributed by atoms with Gasteiger partial charge in [0.15, 0.2) is 6.61 Å². The highest BCUT2D eigenvalue weighted by molar-refractivity contribution is 5.82. The van der Waals surface area contributed by atoms with Crippen LogP contribution in [0, 0.1) is 13.8 Å². The molecule has 1 N–H and O–H groups in total. The average molecular weight is 283 g/mol. The number of nitrogens with one attached hydrogen (secondary N) is 1. The Kier molecular flexibility index (Phi) is 5.04. The first-order chi connectivity index (χ1) is 10.1. The molecule has 1 amide bonds. The molecular formula is C16H17N3O2. The highest BCUT2D eigenvalue weighted by Gasteiger charge is 2.03. The Morgan fingerprint density at radius 2 is 2.24 bits per heavy atom. The fourth-order valence-electron chi connectivity index (χ4n) is 1.77. The summed E-state index contributed by atoms with van der Waals surface area (Å²) in [5, 5.41) is 3.85. The number of hydrazone groups is 1. The van der Waals surface area contributed by atoms with Crippen LogP contribution >= 0.6 is 0 Å². The standard InChI is InChI=1S/C16H17N3O2/c1-12-5-6-15(13(2)8-12)21-11-16(20)19-18-10-14-4-3-7-17-9-14/h3-10H,11H2,1-2H3,(H,19,20)/b18-10-. The predicted molar refractivity (Wildman–Crippen MR) is 81.4 cm³/mol. The van der Waals surface area contributed by atoms with Crippen LogP contribution < -0.4 is 10.2 Å². The first-order valence-corrected chi connectivity index (χ1v) is 6.57. The number of carbonyl (C=O) groups is 1. The van der Waals surface area contributed by atoms with Crippen molar-refractivity contribution in [1.29, 1.82) is 0 Å². The molecule has 0 unspecified atom stereocenters. The zero-order chi connectivity index (χ0) is 15.1. The number of hydrogen-bond acceptors (Lipinski definition) is 4. The molecule has 1 aromatic carbocycles. The highest BCUT2D eigenvalue weighted by atomic mass is 16.5. The number of hydrogen-bond donors (Lipinski definition) is 1. The number of nitrogens with zero attached hydrogens (tertiary/aromatic N) is 2. The Labute approximate surface area is 123 Å². The summed E-state index contributed by atoms with van der Waals surface area (Å²) < 4.78 is 5.46. The van der Waals surface area contributed by atoms with Gasteiger partial charge in [-0.3, -0.25) is 9.78 Å². The Morgan fingerprint density at radius 3 is 2.95 bits per heavy atom. The second-order valence-corrected chi connectivity index (χ2v) is 4.64. The normalized spacial score (nSPS) is 10.6. The van der Waals surface area contributed by atoms with Crippen molar-refractivity contribution in [2.75, 3.05) is 6.61 Å². The molecule has 0 saturated heterocycles. The molecule has 0 fully saturated rings. The summed E-state index contributed by atoms with van der Waals surface area (Å²) in [4.78, 5) is 15.6. The maximum absolute atomic E-state index is 11.6. The monoisotopic (exact) mass is 283 g/mol. The molecule has 0 aliphatic carbocycles. The summed E-state index contributed by atoms with van der Waals surface area (Å²) in [5.74, 6) is 0.391.